The first-order chi connectivity index (χ1) is 17.5. The van der Waals surface area contributed by atoms with Crippen molar-refractivity contribution in [3.63, 3.8) is 0 Å². The number of carbonyl (C=O) groups excluding carboxylic acids is 1. The van der Waals surface area contributed by atoms with Gasteiger partial charge in [-0.15, -0.1) is 0 Å². The molecule has 11 heteroatoms. The van der Waals surface area contributed by atoms with Crippen molar-refractivity contribution in [3.05, 3.63) is 94.5 Å². The second kappa shape index (κ2) is 12.7. The Bertz CT molecular complexity index is 1300. The summed E-state index contributed by atoms with van der Waals surface area (Å²) in [5.74, 6) is 0.918. The predicted molar refractivity (Wildman–Crippen MR) is 142 cm³/mol. The molecule has 0 unspecified atom stereocenters. The molecule has 5 nitrogen and oxygen atoms in total. The van der Waals surface area contributed by atoms with Gasteiger partial charge in [0.25, 0.3) is 10.0 Å². The lowest BCUT2D eigenvalue weighted by atomic mass is 10.2. The molecule has 0 fully saturated rings. The normalized spacial score (nSPS) is 11.8. The second-order valence-corrected chi connectivity index (χ2v) is 11.7. The highest BCUT2D eigenvalue weighted by Crippen LogP contribution is 2.33. The predicted octanol–water partition coefficient (Wildman–Crippen LogP) is 6.30. The van der Waals surface area contributed by atoms with Crippen molar-refractivity contribution in [1.29, 1.82) is 0 Å². The summed E-state index contributed by atoms with van der Waals surface area (Å²) in [6, 6.07) is 17.3. The Balaban J connectivity index is 1.66. The van der Waals surface area contributed by atoms with Gasteiger partial charge in [0.15, 0.2) is 0 Å². The largest absolute Gasteiger partial charge is 0.416 e. The molecule has 0 aliphatic heterocycles. The Morgan fingerprint density at radius 3 is 2.35 bits per heavy atom. The number of thioether (sulfide) groups is 1. The van der Waals surface area contributed by atoms with Gasteiger partial charge in [-0.1, -0.05) is 47.5 Å². The number of aryl methyl sites for hydroxylation is 1. The fourth-order valence-corrected chi connectivity index (χ4v) is 5.81. The summed E-state index contributed by atoms with van der Waals surface area (Å²) >= 11 is 7.55. The second-order valence-electron chi connectivity index (χ2n) is 8.26. The Morgan fingerprint density at radius 1 is 1.03 bits per heavy atom. The Labute approximate surface area is 224 Å². The third kappa shape index (κ3) is 8.41. The van der Waals surface area contributed by atoms with Crippen molar-refractivity contribution < 1.29 is 26.4 Å². The summed E-state index contributed by atoms with van der Waals surface area (Å²) < 4.78 is 67.3. The molecule has 1 N–H and O–H groups in total. The van der Waals surface area contributed by atoms with Crippen LogP contribution in [0.25, 0.3) is 0 Å². The van der Waals surface area contributed by atoms with Gasteiger partial charge in [-0.25, -0.2) is 8.42 Å². The van der Waals surface area contributed by atoms with E-state index in [1.54, 1.807) is 30.8 Å². The van der Waals surface area contributed by atoms with Crippen LogP contribution in [0, 0.1) is 6.92 Å². The summed E-state index contributed by atoms with van der Waals surface area (Å²) in [4.78, 5) is 12.5. The molecule has 0 bridgehead atoms. The van der Waals surface area contributed by atoms with Gasteiger partial charge in [0.2, 0.25) is 5.91 Å². The van der Waals surface area contributed by atoms with E-state index in [9.17, 15) is 26.4 Å². The number of rotatable bonds is 11. The summed E-state index contributed by atoms with van der Waals surface area (Å²) in [6.45, 7) is 1.42. The molecule has 0 saturated heterocycles. The maximum absolute atomic E-state index is 13.4. The molecule has 3 rings (SSSR count). The van der Waals surface area contributed by atoms with E-state index in [2.05, 4.69) is 5.32 Å². The van der Waals surface area contributed by atoms with E-state index in [1.165, 1.54) is 18.2 Å². The van der Waals surface area contributed by atoms with Crippen LogP contribution in [0.3, 0.4) is 0 Å². The van der Waals surface area contributed by atoms with Crippen LogP contribution in [0.1, 0.15) is 23.1 Å². The number of alkyl halides is 3. The van der Waals surface area contributed by atoms with E-state index < -0.39 is 34.2 Å². The zero-order chi connectivity index (χ0) is 27.1. The molecular weight excluding hydrogens is 545 g/mol. The fourth-order valence-electron chi connectivity index (χ4n) is 3.35. The minimum Gasteiger partial charge on any atom is -0.354 e. The van der Waals surface area contributed by atoms with E-state index in [4.69, 9.17) is 11.6 Å². The summed E-state index contributed by atoms with van der Waals surface area (Å²) in [7, 11) is -4.31. The van der Waals surface area contributed by atoms with E-state index in [1.807, 2.05) is 24.3 Å². The molecule has 3 aromatic rings. The van der Waals surface area contributed by atoms with Gasteiger partial charge in [-0.05, 0) is 67.1 Å². The topological polar surface area (TPSA) is 66.5 Å². The average molecular weight is 571 g/mol. The standard InChI is InChI=1S/C26H26ClF3N2O3S2/c1-19-6-12-24(13-7-19)37(34,35)32(23-5-2-4-21(16-23)26(28,29)30)17-25(33)31-14-3-15-36-18-20-8-10-22(27)11-9-20/h2,4-13,16H,3,14-15,17-18H2,1H3,(H,31,33). The van der Waals surface area contributed by atoms with E-state index >= 15 is 0 Å². The van der Waals surface area contributed by atoms with E-state index in [-0.39, 0.29) is 10.6 Å². The number of amides is 1. The van der Waals surface area contributed by atoms with Crippen LogP contribution in [0.2, 0.25) is 5.02 Å². The van der Waals surface area contributed by atoms with Crippen LogP contribution in [-0.2, 0) is 26.7 Å². The minimum atomic E-state index is -4.67. The van der Waals surface area contributed by atoms with Crippen molar-refractivity contribution in [2.75, 3.05) is 23.1 Å². The van der Waals surface area contributed by atoms with Gasteiger partial charge in [0.05, 0.1) is 16.1 Å². The quantitative estimate of drug-likeness (QED) is 0.275. The third-order valence-corrected chi connectivity index (χ3v) is 8.48. The Kier molecular flexibility index (Phi) is 9.92. The molecule has 0 atom stereocenters. The molecule has 198 valence electrons. The third-order valence-electron chi connectivity index (χ3n) is 5.33. The molecule has 0 aromatic heterocycles. The van der Waals surface area contributed by atoms with Gasteiger partial charge in [0.1, 0.15) is 6.54 Å². The summed E-state index contributed by atoms with van der Waals surface area (Å²) in [6.07, 6.45) is -4.03. The first-order valence-electron chi connectivity index (χ1n) is 11.3. The van der Waals surface area contributed by atoms with Crippen LogP contribution >= 0.6 is 23.4 Å². The van der Waals surface area contributed by atoms with Gasteiger partial charge in [0, 0.05) is 17.3 Å². The number of halogens is 4. The zero-order valence-electron chi connectivity index (χ0n) is 20.0. The van der Waals surface area contributed by atoms with Crippen molar-refractivity contribution in [2.45, 2.75) is 30.2 Å². The van der Waals surface area contributed by atoms with Crippen molar-refractivity contribution >= 4 is 45.0 Å². The average Bonchev–Trinajstić information content (AvgIpc) is 2.85. The molecule has 0 aliphatic rings. The number of benzene rings is 3. The molecule has 0 radical (unpaired) electrons. The number of nitrogens with zero attached hydrogens (tertiary/aromatic N) is 1. The lowest BCUT2D eigenvalue weighted by molar-refractivity contribution is -0.137. The van der Waals surface area contributed by atoms with Crippen LogP contribution in [0.5, 0.6) is 0 Å². The number of hydrogen-bond acceptors (Lipinski definition) is 4. The number of carbonyl (C=O) groups is 1. The number of hydrogen-bond donors (Lipinski definition) is 1. The van der Waals surface area contributed by atoms with Gasteiger partial charge >= 0.3 is 6.18 Å². The Hall–Kier alpha value is -2.69. The van der Waals surface area contributed by atoms with Gasteiger partial charge in [-0.2, -0.15) is 24.9 Å². The molecular formula is C26H26ClF3N2O3S2. The molecule has 0 saturated carbocycles. The summed E-state index contributed by atoms with van der Waals surface area (Å²) in [5.41, 5.74) is 0.684. The van der Waals surface area contributed by atoms with Crippen molar-refractivity contribution in [3.8, 4) is 0 Å². The zero-order valence-corrected chi connectivity index (χ0v) is 22.4. The molecule has 0 aliphatic carbocycles. The SMILES string of the molecule is Cc1ccc(S(=O)(=O)N(CC(=O)NCCCSCc2ccc(Cl)cc2)c2cccc(C(F)(F)F)c2)cc1. The Morgan fingerprint density at radius 2 is 1.70 bits per heavy atom. The lowest BCUT2D eigenvalue weighted by Gasteiger charge is -2.25. The molecule has 0 heterocycles. The van der Waals surface area contributed by atoms with Crippen LogP contribution in [0.4, 0.5) is 18.9 Å². The smallest absolute Gasteiger partial charge is 0.354 e. The number of nitrogens with one attached hydrogen (secondary N) is 1. The molecule has 37 heavy (non-hydrogen) atoms. The fraction of sp³-hybridized carbons (Fsp3) is 0.269. The maximum atomic E-state index is 13.4. The minimum absolute atomic E-state index is 0.123. The maximum Gasteiger partial charge on any atom is 0.416 e. The van der Waals surface area contributed by atoms with Gasteiger partial charge < -0.3 is 5.32 Å². The van der Waals surface area contributed by atoms with Gasteiger partial charge in [-0.3, -0.25) is 9.10 Å². The van der Waals surface area contributed by atoms with Crippen LogP contribution in [-0.4, -0.2) is 33.2 Å². The monoisotopic (exact) mass is 570 g/mol. The first-order valence-corrected chi connectivity index (χ1v) is 14.3. The summed E-state index contributed by atoms with van der Waals surface area (Å²) in [5, 5.41) is 3.34. The highest BCUT2D eigenvalue weighted by atomic mass is 35.5. The molecule has 3 aromatic carbocycles. The number of sulfonamides is 1. The highest BCUT2D eigenvalue weighted by Gasteiger charge is 2.33. The van der Waals surface area contributed by atoms with Crippen molar-refractivity contribution in [1.82, 2.24) is 5.32 Å². The highest BCUT2D eigenvalue weighted by molar-refractivity contribution is 7.98. The van der Waals surface area contributed by atoms with E-state index in [0.29, 0.717) is 22.3 Å². The number of anilines is 1. The van der Waals surface area contributed by atoms with Crippen LogP contribution in [0.15, 0.2) is 77.7 Å². The van der Waals surface area contributed by atoms with E-state index in [0.717, 1.165) is 40.8 Å². The molecule has 1 amide bonds. The molecule has 0 spiro atoms. The first kappa shape index (κ1) is 28.9. The van der Waals surface area contributed by atoms with Crippen LogP contribution < -0.4 is 9.62 Å². The lowest BCUT2D eigenvalue weighted by Crippen LogP contribution is -2.41. The van der Waals surface area contributed by atoms with Crippen molar-refractivity contribution in [2.24, 2.45) is 0 Å².